The molecule has 0 unspecified atom stereocenters. The Balaban J connectivity index is 1.22. The molecule has 4 rings (SSSR count). The zero-order valence-corrected chi connectivity index (χ0v) is 15.3. The van der Waals surface area contributed by atoms with E-state index in [2.05, 4.69) is 34.2 Å². The number of amides is 1. The van der Waals surface area contributed by atoms with Gasteiger partial charge in [-0.3, -0.25) is 9.69 Å². The molecule has 0 radical (unpaired) electrons. The molecule has 1 aromatic carbocycles. The molecule has 2 fully saturated rings. The molecule has 2 aliphatic rings. The number of nitrogens with zero attached hydrogens (tertiary/aromatic N) is 4. The highest BCUT2D eigenvalue weighted by atomic mass is 16.5. The lowest BCUT2D eigenvalue weighted by atomic mass is 9.98. The van der Waals surface area contributed by atoms with Gasteiger partial charge in [-0.1, -0.05) is 35.5 Å². The minimum Gasteiger partial charge on any atom is -0.341 e. The lowest BCUT2D eigenvalue weighted by molar-refractivity contribution is -0.135. The fourth-order valence-electron chi connectivity index (χ4n) is 3.86. The number of hydrogen-bond acceptors (Lipinski definition) is 5. The Morgan fingerprint density at radius 2 is 2.08 bits per heavy atom. The van der Waals surface area contributed by atoms with E-state index in [0.29, 0.717) is 19.5 Å². The SMILES string of the molecule is CN1CCC[C@H]1c1nc(C2CN(C(=O)CCCc3ccccc3)C2)no1. The summed E-state index contributed by atoms with van der Waals surface area (Å²) in [5.74, 6) is 1.94. The molecule has 6 nitrogen and oxygen atoms in total. The smallest absolute Gasteiger partial charge is 0.243 e. The summed E-state index contributed by atoms with van der Waals surface area (Å²) in [4.78, 5) is 21.1. The Bertz CT molecular complexity index is 739. The molecule has 1 amide bonds. The predicted molar refractivity (Wildman–Crippen MR) is 97.6 cm³/mol. The van der Waals surface area contributed by atoms with Gasteiger partial charge in [0.05, 0.1) is 12.0 Å². The first-order chi connectivity index (χ1) is 12.7. The second-order valence-electron chi connectivity index (χ2n) is 7.46. The average Bonchev–Trinajstić information content (AvgIpc) is 3.23. The molecule has 1 atom stereocenters. The van der Waals surface area contributed by atoms with E-state index in [1.165, 1.54) is 12.0 Å². The Labute approximate surface area is 154 Å². The van der Waals surface area contributed by atoms with Gasteiger partial charge in [-0.2, -0.15) is 4.98 Å². The number of carbonyl (C=O) groups excluding carboxylic acids is 1. The summed E-state index contributed by atoms with van der Waals surface area (Å²) in [6.45, 7) is 2.50. The molecule has 3 heterocycles. The highest BCUT2D eigenvalue weighted by Crippen LogP contribution is 2.31. The predicted octanol–water partition coefficient (Wildman–Crippen LogP) is 2.79. The van der Waals surface area contributed by atoms with Crippen molar-refractivity contribution < 1.29 is 9.32 Å². The first-order valence-electron chi connectivity index (χ1n) is 9.56. The van der Waals surface area contributed by atoms with Crippen molar-refractivity contribution in [2.75, 3.05) is 26.7 Å². The molecule has 2 saturated heterocycles. The van der Waals surface area contributed by atoms with Gasteiger partial charge in [-0.05, 0) is 44.8 Å². The van der Waals surface area contributed by atoms with Gasteiger partial charge < -0.3 is 9.42 Å². The number of rotatable bonds is 6. The van der Waals surface area contributed by atoms with Crippen molar-refractivity contribution in [3.05, 3.63) is 47.6 Å². The fraction of sp³-hybridized carbons (Fsp3) is 0.550. The summed E-state index contributed by atoms with van der Waals surface area (Å²) in [7, 11) is 2.10. The second kappa shape index (κ2) is 7.58. The van der Waals surface area contributed by atoms with Gasteiger partial charge >= 0.3 is 0 Å². The number of aromatic nitrogens is 2. The van der Waals surface area contributed by atoms with Crippen molar-refractivity contribution in [3.63, 3.8) is 0 Å². The van der Waals surface area contributed by atoms with E-state index in [4.69, 9.17) is 4.52 Å². The van der Waals surface area contributed by atoms with Crippen LogP contribution in [0.3, 0.4) is 0 Å². The van der Waals surface area contributed by atoms with Crippen molar-refractivity contribution in [1.82, 2.24) is 19.9 Å². The Morgan fingerprint density at radius 3 is 2.81 bits per heavy atom. The van der Waals surface area contributed by atoms with Crippen molar-refractivity contribution in [2.24, 2.45) is 0 Å². The van der Waals surface area contributed by atoms with E-state index in [0.717, 1.165) is 37.5 Å². The molecule has 0 spiro atoms. The fourth-order valence-corrected chi connectivity index (χ4v) is 3.86. The molecule has 0 bridgehead atoms. The third kappa shape index (κ3) is 3.65. The van der Waals surface area contributed by atoms with Crippen molar-refractivity contribution in [2.45, 2.75) is 44.1 Å². The maximum absolute atomic E-state index is 12.3. The summed E-state index contributed by atoms with van der Waals surface area (Å²) < 4.78 is 5.48. The van der Waals surface area contributed by atoms with Crippen LogP contribution < -0.4 is 0 Å². The van der Waals surface area contributed by atoms with Gasteiger partial charge in [0.2, 0.25) is 11.8 Å². The summed E-state index contributed by atoms with van der Waals surface area (Å²) >= 11 is 0. The number of benzene rings is 1. The second-order valence-corrected chi connectivity index (χ2v) is 7.46. The molecule has 0 saturated carbocycles. The zero-order chi connectivity index (χ0) is 17.9. The third-order valence-corrected chi connectivity index (χ3v) is 5.56. The number of aryl methyl sites for hydroxylation is 1. The molecule has 2 aromatic rings. The summed E-state index contributed by atoms with van der Waals surface area (Å²) in [5.41, 5.74) is 1.29. The van der Waals surface area contributed by atoms with E-state index >= 15 is 0 Å². The summed E-state index contributed by atoms with van der Waals surface area (Å²) in [6, 6.07) is 10.6. The highest BCUT2D eigenvalue weighted by Gasteiger charge is 2.36. The van der Waals surface area contributed by atoms with Crippen LogP contribution in [0.5, 0.6) is 0 Å². The van der Waals surface area contributed by atoms with Crippen LogP contribution in [0.25, 0.3) is 0 Å². The van der Waals surface area contributed by atoms with E-state index in [1.54, 1.807) is 0 Å². The maximum Gasteiger partial charge on any atom is 0.243 e. The van der Waals surface area contributed by atoms with E-state index < -0.39 is 0 Å². The van der Waals surface area contributed by atoms with Crippen molar-refractivity contribution in [1.29, 1.82) is 0 Å². The van der Waals surface area contributed by atoms with Crippen LogP contribution in [-0.2, 0) is 11.2 Å². The van der Waals surface area contributed by atoms with Crippen LogP contribution in [0, 0.1) is 0 Å². The van der Waals surface area contributed by atoms with E-state index in [-0.39, 0.29) is 17.9 Å². The zero-order valence-electron chi connectivity index (χ0n) is 15.3. The Hall–Kier alpha value is -2.21. The van der Waals surface area contributed by atoms with Crippen LogP contribution in [0.15, 0.2) is 34.9 Å². The standard InChI is InChI=1S/C20H26N4O2/c1-23-12-6-10-17(23)20-21-19(22-26-20)16-13-24(14-16)18(25)11-5-9-15-7-3-2-4-8-15/h2-4,7-8,16-17H,5-6,9-14H2,1H3/t17-/m0/s1. The van der Waals surface area contributed by atoms with Crippen LogP contribution in [-0.4, -0.2) is 52.5 Å². The van der Waals surface area contributed by atoms with Crippen molar-refractivity contribution >= 4 is 5.91 Å². The van der Waals surface area contributed by atoms with Gasteiger partial charge in [0, 0.05) is 19.5 Å². The van der Waals surface area contributed by atoms with Crippen molar-refractivity contribution in [3.8, 4) is 0 Å². The quantitative estimate of drug-likeness (QED) is 0.798. The Kier molecular flexibility index (Phi) is 5.02. The Morgan fingerprint density at radius 1 is 1.27 bits per heavy atom. The average molecular weight is 354 g/mol. The highest BCUT2D eigenvalue weighted by molar-refractivity contribution is 5.77. The molecule has 0 N–H and O–H groups in total. The van der Waals surface area contributed by atoms with Gasteiger partial charge in [0.1, 0.15) is 0 Å². The van der Waals surface area contributed by atoms with E-state index in [1.807, 2.05) is 23.1 Å². The normalized spacial score (nSPS) is 21.1. The molecular formula is C20H26N4O2. The van der Waals surface area contributed by atoms with Crippen LogP contribution >= 0.6 is 0 Å². The molecule has 2 aliphatic heterocycles. The minimum atomic E-state index is 0.220. The van der Waals surface area contributed by atoms with Crippen LogP contribution in [0.2, 0.25) is 0 Å². The molecule has 0 aliphatic carbocycles. The van der Waals surface area contributed by atoms with Gasteiger partial charge in [0.15, 0.2) is 5.82 Å². The van der Waals surface area contributed by atoms with Gasteiger partial charge in [0.25, 0.3) is 0 Å². The monoisotopic (exact) mass is 354 g/mol. The van der Waals surface area contributed by atoms with Crippen LogP contribution in [0.1, 0.15) is 54.9 Å². The van der Waals surface area contributed by atoms with Gasteiger partial charge in [-0.25, -0.2) is 0 Å². The summed E-state index contributed by atoms with van der Waals surface area (Å²) in [5, 5.41) is 4.16. The third-order valence-electron chi connectivity index (χ3n) is 5.56. The molecule has 6 heteroatoms. The molecule has 26 heavy (non-hydrogen) atoms. The summed E-state index contributed by atoms with van der Waals surface area (Å²) in [6.07, 6.45) is 4.70. The first kappa shape index (κ1) is 17.2. The first-order valence-corrected chi connectivity index (χ1v) is 9.56. The minimum absolute atomic E-state index is 0.220. The topological polar surface area (TPSA) is 62.5 Å². The van der Waals surface area contributed by atoms with Gasteiger partial charge in [-0.15, -0.1) is 0 Å². The molecular weight excluding hydrogens is 328 g/mol. The van der Waals surface area contributed by atoms with E-state index in [9.17, 15) is 4.79 Å². The number of hydrogen-bond donors (Lipinski definition) is 0. The number of carbonyl (C=O) groups is 1. The van der Waals surface area contributed by atoms with Crippen LogP contribution in [0.4, 0.5) is 0 Å². The lowest BCUT2D eigenvalue weighted by Crippen LogP contribution is -2.48. The number of likely N-dealkylation sites (tertiary alicyclic amines) is 2. The molecule has 138 valence electrons. The largest absolute Gasteiger partial charge is 0.341 e. The lowest BCUT2D eigenvalue weighted by Gasteiger charge is -2.37. The molecule has 1 aromatic heterocycles. The maximum atomic E-state index is 12.3.